The van der Waals surface area contributed by atoms with E-state index in [0.717, 1.165) is 0 Å². The average Bonchev–Trinajstić information content (AvgIpc) is 2.30. The first kappa shape index (κ1) is 14.3. The lowest BCUT2D eigenvalue weighted by Crippen LogP contribution is -2.64. The maximum absolute atomic E-state index is 11.0. The van der Waals surface area contributed by atoms with Crippen LogP contribution in [0.15, 0.2) is 0 Å². The summed E-state index contributed by atoms with van der Waals surface area (Å²) < 4.78 is 15.5. The first-order valence-corrected chi connectivity index (χ1v) is 5.32. The highest BCUT2D eigenvalue weighted by Gasteiger charge is 2.45. The molecule has 0 aromatic heterocycles. The summed E-state index contributed by atoms with van der Waals surface area (Å²) in [6.45, 7) is 1.03. The van der Waals surface area contributed by atoms with Crippen LogP contribution in [0, 0.1) is 0 Å². The number of carbonyl (C=O) groups excluding carboxylic acids is 1. The third-order valence-electron chi connectivity index (χ3n) is 2.73. The minimum absolute atomic E-state index is 0.303. The van der Waals surface area contributed by atoms with Crippen molar-refractivity contribution in [3.8, 4) is 0 Å². The third kappa shape index (κ3) is 3.14. The molecule has 1 aliphatic rings. The molecule has 0 spiro atoms. The second-order valence-corrected chi connectivity index (χ2v) is 3.88. The van der Waals surface area contributed by atoms with E-state index in [1.165, 1.54) is 21.1 Å². The first-order chi connectivity index (χ1) is 8.04. The predicted molar refractivity (Wildman–Crippen MR) is 57.2 cm³/mol. The van der Waals surface area contributed by atoms with Gasteiger partial charge in [0.2, 0.25) is 5.91 Å². The Bertz CT molecular complexity index is 261. The third-order valence-corrected chi connectivity index (χ3v) is 2.73. The van der Waals surface area contributed by atoms with E-state index in [1.54, 1.807) is 0 Å². The van der Waals surface area contributed by atoms with E-state index < -0.39 is 30.6 Å². The Labute approximate surface area is 99.7 Å². The SMILES string of the molecule is CO[C@H]1C(CO)O[C@@H](OC)[C@@H](NC(C)=O)C1O. The van der Waals surface area contributed by atoms with Crippen LogP contribution < -0.4 is 5.32 Å². The zero-order valence-electron chi connectivity index (χ0n) is 10.1. The molecule has 0 radical (unpaired) electrons. The van der Waals surface area contributed by atoms with Crippen LogP contribution >= 0.6 is 0 Å². The molecule has 5 atom stereocenters. The van der Waals surface area contributed by atoms with E-state index in [1.807, 2.05) is 0 Å². The smallest absolute Gasteiger partial charge is 0.217 e. The van der Waals surface area contributed by atoms with Crippen LogP contribution in [0.3, 0.4) is 0 Å². The fraction of sp³-hybridized carbons (Fsp3) is 0.900. The van der Waals surface area contributed by atoms with Crippen LogP contribution in [0.4, 0.5) is 0 Å². The number of aliphatic hydroxyl groups is 2. The Hall–Kier alpha value is -0.730. The van der Waals surface area contributed by atoms with Crippen LogP contribution in [0.25, 0.3) is 0 Å². The van der Waals surface area contributed by atoms with E-state index in [2.05, 4.69) is 5.32 Å². The fourth-order valence-corrected chi connectivity index (χ4v) is 1.95. The van der Waals surface area contributed by atoms with Crippen LogP contribution in [0.2, 0.25) is 0 Å². The summed E-state index contributed by atoms with van der Waals surface area (Å²) >= 11 is 0. The Kier molecular flexibility index (Phi) is 5.29. The van der Waals surface area contributed by atoms with Crippen molar-refractivity contribution < 1.29 is 29.2 Å². The van der Waals surface area contributed by atoms with Crippen molar-refractivity contribution in [2.24, 2.45) is 0 Å². The largest absolute Gasteiger partial charge is 0.394 e. The van der Waals surface area contributed by atoms with E-state index in [9.17, 15) is 9.90 Å². The number of ether oxygens (including phenoxy) is 3. The van der Waals surface area contributed by atoms with Gasteiger partial charge < -0.3 is 29.7 Å². The van der Waals surface area contributed by atoms with Crippen molar-refractivity contribution in [2.45, 2.75) is 37.6 Å². The quantitative estimate of drug-likeness (QED) is 0.545. The monoisotopic (exact) mass is 249 g/mol. The lowest BCUT2D eigenvalue weighted by Gasteiger charge is -2.43. The highest BCUT2D eigenvalue weighted by atomic mass is 16.7. The Morgan fingerprint density at radius 2 is 2.06 bits per heavy atom. The molecule has 7 nitrogen and oxygen atoms in total. The molecule has 17 heavy (non-hydrogen) atoms. The molecule has 0 saturated carbocycles. The number of hydrogen-bond acceptors (Lipinski definition) is 6. The van der Waals surface area contributed by atoms with Gasteiger partial charge in [0.05, 0.1) is 6.61 Å². The van der Waals surface area contributed by atoms with Crippen molar-refractivity contribution in [2.75, 3.05) is 20.8 Å². The molecule has 3 N–H and O–H groups in total. The lowest BCUT2D eigenvalue weighted by molar-refractivity contribution is -0.267. The van der Waals surface area contributed by atoms with Gasteiger partial charge in [-0.2, -0.15) is 0 Å². The maximum atomic E-state index is 11.0. The van der Waals surface area contributed by atoms with Crippen molar-refractivity contribution in [3.05, 3.63) is 0 Å². The number of amides is 1. The molecule has 1 rings (SSSR count). The molecular formula is C10H19NO6. The standard InChI is InChI=1S/C10H19NO6/c1-5(13)11-7-8(14)9(15-2)6(4-12)17-10(7)16-3/h6-10,12,14H,4H2,1-3H3,(H,11,13)/t6?,7-,8?,9-,10+/m0/s1. The van der Waals surface area contributed by atoms with Crippen LogP contribution in [-0.2, 0) is 19.0 Å². The second-order valence-electron chi connectivity index (χ2n) is 3.88. The van der Waals surface area contributed by atoms with Gasteiger partial charge in [0, 0.05) is 21.1 Å². The van der Waals surface area contributed by atoms with Crippen LogP contribution in [0.1, 0.15) is 6.92 Å². The molecule has 0 aromatic carbocycles. The molecule has 0 aromatic rings. The molecule has 1 amide bonds. The van der Waals surface area contributed by atoms with Crippen LogP contribution in [-0.4, -0.2) is 67.6 Å². The summed E-state index contributed by atoms with van der Waals surface area (Å²) in [5.74, 6) is -0.308. The Morgan fingerprint density at radius 1 is 1.41 bits per heavy atom. The molecule has 1 aliphatic heterocycles. The highest BCUT2D eigenvalue weighted by molar-refractivity contribution is 5.73. The van der Waals surface area contributed by atoms with Gasteiger partial charge >= 0.3 is 0 Å². The molecule has 7 heteroatoms. The minimum Gasteiger partial charge on any atom is -0.394 e. The first-order valence-electron chi connectivity index (χ1n) is 5.32. The maximum Gasteiger partial charge on any atom is 0.217 e. The summed E-state index contributed by atoms with van der Waals surface area (Å²) in [4.78, 5) is 11.0. The van der Waals surface area contributed by atoms with Gasteiger partial charge in [-0.25, -0.2) is 0 Å². The van der Waals surface area contributed by atoms with Crippen LogP contribution in [0.5, 0.6) is 0 Å². The van der Waals surface area contributed by atoms with Gasteiger partial charge in [-0.1, -0.05) is 0 Å². The van der Waals surface area contributed by atoms with Crippen molar-refractivity contribution in [3.63, 3.8) is 0 Å². The molecule has 0 aliphatic carbocycles. The van der Waals surface area contributed by atoms with Gasteiger partial charge in [-0.3, -0.25) is 4.79 Å². The summed E-state index contributed by atoms with van der Waals surface area (Å²) in [7, 11) is 2.80. The van der Waals surface area contributed by atoms with Gasteiger partial charge in [-0.15, -0.1) is 0 Å². The molecule has 1 saturated heterocycles. The van der Waals surface area contributed by atoms with Crippen molar-refractivity contribution in [1.82, 2.24) is 5.32 Å². The van der Waals surface area contributed by atoms with Gasteiger partial charge in [0.1, 0.15) is 24.4 Å². The van der Waals surface area contributed by atoms with E-state index in [-0.39, 0.29) is 12.5 Å². The van der Waals surface area contributed by atoms with Gasteiger partial charge in [0.15, 0.2) is 6.29 Å². The van der Waals surface area contributed by atoms with E-state index >= 15 is 0 Å². The second kappa shape index (κ2) is 6.27. The number of hydrogen-bond donors (Lipinski definition) is 3. The summed E-state index contributed by atoms with van der Waals surface area (Å²) in [6.07, 6.45) is -3.24. The number of rotatable bonds is 4. The molecule has 100 valence electrons. The summed E-state index contributed by atoms with van der Waals surface area (Å²) in [5, 5.41) is 21.7. The molecule has 2 unspecified atom stereocenters. The Morgan fingerprint density at radius 3 is 2.47 bits per heavy atom. The van der Waals surface area contributed by atoms with Gasteiger partial charge in [0.25, 0.3) is 0 Å². The fourth-order valence-electron chi connectivity index (χ4n) is 1.95. The zero-order valence-corrected chi connectivity index (χ0v) is 10.1. The number of nitrogens with one attached hydrogen (secondary N) is 1. The average molecular weight is 249 g/mol. The minimum atomic E-state index is -1.01. The molecule has 0 bridgehead atoms. The van der Waals surface area contributed by atoms with Gasteiger partial charge in [-0.05, 0) is 0 Å². The number of aliphatic hydroxyl groups excluding tert-OH is 2. The lowest BCUT2D eigenvalue weighted by atomic mass is 9.96. The Balaban J connectivity index is 2.83. The highest BCUT2D eigenvalue weighted by Crippen LogP contribution is 2.23. The predicted octanol–water partition coefficient (Wildman–Crippen LogP) is -1.77. The summed E-state index contributed by atoms with van der Waals surface area (Å²) in [6, 6.07) is -0.731. The van der Waals surface area contributed by atoms with Crippen molar-refractivity contribution >= 4 is 5.91 Å². The molecular weight excluding hydrogens is 230 g/mol. The number of methoxy groups -OCH3 is 2. The molecule has 1 fully saturated rings. The molecule has 1 heterocycles. The normalized spacial score (nSPS) is 37.8. The van der Waals surface area contributed by atoms with E-state index in [4.69, 9.17) is 19.3 Å². The summed E-state index contributed by atoms with van der Waals surface area (Å²) in [5.41, 5.74) is 0. The number of carbonyl (C=O) groups is 1. The zero-order chi connectivity index (χ0) is 13.0. The van der Waals surface area contributed by atoms with Crippen molar-refractivity contribution in [1.29, 1.82) is 0 Å². The topological polar surface area (TPSA) is 97.3 Å². The van der Waals surface area contributed by atoms with E-state index in [0.29, 0.717) is 0 Å².